The van der Waals surface area contributed by atoms with Crippen molar-refractivity contribution < 1.29 is 10.2 Å². The molecule has 44 valence electrons. The zero-order chi connectivity index (χ0) is 6.15. The first-order valence-electron chi connectivity index (χ1n) is 2.27. The van der Waals surface area contributed by atoms with Gasteiger partial charge in [0.1, 0.15) is 0 Å². The number of hydrogen-bond donors (Lipinski definition) is 3. The normalized spacial score (nSPS) is 9.62. The number of H-pyrrole nitrogens is 1. The fourth-order valence-corrected chi connectivity index (χ4v) is 0.529. The molecule has 0 atom stereocenters. The van der Waals surface area contributed by atoms with E-state index in [0.717, 1.165) is 0 Å². The summed E-state index contributed by atoms with van der Waals surface area (Å²) in [6.45, 7) is 1.70. The third-order valence-electron chi connectivity index (χ3n) is 0.973. The maximum Gasteiger partial charge on any atom is 0.194 e. The van der Waals surface area contributed by atoms with E-state index in [4.69, 9.17) is 10.2 Å². The minimum absolute atomic E-state index is 0.000000000000000222. The molecule has 0 fully saturated rings. The third-order valence-corrected chi connectivity index (χ3v) is 0.973. The lowest BCUT2D eigenvalue weighted by Gasteiger charge is -1.80. The average molecular weight is 113 g/mol. The Bertz CT molecular complexity index is 173. The second-order valence-electron chi connectivity index (χ2n) is 1.69. The van der Waals surface area contributed by atoms with Gasteiger partial charge in [-0.15, -0.1) is 0 Å². The lowest BCUT2D eigenvalue weighted by Crippen LogP contribution is -1.62. The van der Waals surface area contributed by atoms with Crippen molar-refractivity contribution in [2.75, 3.05) is 0 Å². The Morgan fingerprint density at radius 2 is 2.12 bits per heavy atom. The molecule has 0 spiro atoms. The van der Waals surface area contributed by atoms with Gasteiger partial charge in [-0.25, -0.2) is 0 Å². The van der Waals surface area contributed by atoms with E-state index in [1.165, 1.54) is 6.07 Å². The van der Waals surface area contributed by atoms with Gasteiger partial charge in [0.25, 0.3) is 0 Å². The van der Waals surface area contributed by atoms with Gasteiger partial charge in [-0.3, -0.25) is 4.98 Å². The molecule has 1 heterocycles. The molecule has 0 amide bonds. The second-order valence-corrected chi connectivity index (χ2v) is 1.69. The quantitative estimate of drug-likeness (QED) is 0.464. The van der Waals surface area contributed by atoms with E-state index < -0.39 is 0 Å². The molecule has 3 nitrogen and oxygen atoms in total. The van der Waals surface area contributed by atoms with Crippen molar-refractivity contribution in [1.82, 2.24) is 4.98 Å². The van der Waals surface area contributed by atoms with Crippen molar-refractivity contribution >= 4 is 0 Å². The fraction of sp³-hybridized carbons (Fsp3) is 0.200. The number of aromatic nitrogens is 1. The van der Waals surface area contributed by atoms with Crippen LogP contribution in [0.2, 0.25) is 0 Å². The summed E-state index contributed by atoms with van der Waals surface area (Å²) < 4.78 is 0. The van der Waals surface area contributed by atoms with Crippen LogP contribution in [0.5, 0.6) is 11.8 Å². The molecule has 1 aromatic heterocycles. The summed E-state index contributed by atoms with van der Waals surface area (Å²) in [4.78, 5) is 2.32. The Labute approximate surface area is 46.6 Å². The molecular formula is C5H7NO2. The number of nitrogens with one attached hydrogen (secondary N) is 1. The van der Waals surface area contributed by atoms with Gasteiger partial charge < -0.3 is 10.2 Å². The molecule has 3 N–H and O–H groups in total. The van der Waals surface area contributed by atoms with Crippen LogP contribution >= 0.6 is 0 Å². The van der Waals surface area contributed by atoms with Crippen LogP contribution in [-0.4, -0.2) is 15.2 Å². The number of aromatic hydroxyl groups is 2. The summed E-state index contributed by atoms with van der Waals surface area (Å²) in [5.41, 5.74) is 0.655. The van der Waals surface area contributed by atoms with E-state index in [-0.39, 0.29) is 11.8 Å². The average Bonchev–Trinajstić information content (AvgIpc) is 1.85. The van der Waals surface area contributed by atoms with Crippen LogP contribution in [0.4, 0.5) is 0 Å². The Morgan fingerprint density at radius 3 is 2.25 bits per heavy atom. The Balaban J connectivity index is 3.14. The minimum Gasteiger partial charge on any atom is -0.495 e. The van der Waals surface area contributed by atoms with E-state index in [1.54, 1.807) is 6.92 Å². The van der Waals surface area contributed by atoms with E-state index in [0.29, 0.717) is 5.56 Å². The summed E-state index contributed by atoms with van der Waals surface area (Å²) in [7, 11) is 0. The smallest absolute Gasteiger partial charge is 0.194 e. The number of aromatic amines is 1. The van der Waals surface area contributed by atoms with Gasteiger partial charge in [0.05, 0.1) is 0 Å². The SMILES string of the molecule is Cc1cc(O)[nH]c1O. The van der Waals surface area contributed by atoms with E-state index >= 15 is 0 Å². The minimum atomic E-state index is 0.000000000000000222. The topological polar surface area (TPSA) is 56.2 Å². The molecule has 3 heteroatoms. The maximum absolute atomic E-state index is 8.72. The molecule has 0 radical (unpaired) electrons. The van der Waals surface area contributed by atoms with Gasteiger partial charge in [0.15, 0.2) is 11.8 Å². The van der Waals surface area contributed by atoms with Crippen molar-refractivity contribution in [3.63, 3.8) is 0 Å². The zero-order valence-corrected chi connectivity index (χ0v) is 4.47. The van der Waals surface area contributed by atoms with Crippen LogP contribution in [0.25, 0.3) is 0 Å². The van der Waals surface area contributed by atoms with E-state index in [2.05, 4.69) is 4.98 Å². The predicted octanol–water partition coefficient (Wildman–Crippen LogP) is 0.734. The molecule has 1 rings (SSSR count). The summed E-state index contributed by atoms with van der Waals surface area (Å²) >= 11 is 0. The molecule has 0 saturated heterocycles. The Kier molecular flexibility index (Phi) is 0.901. The van der Waals surface area contributed by atoms with Gasteiger partial charge in [-0.05, 0) is 6.92 Å². The Morgan fingerprint density at radius 1 is 1.50 bits per heavy atom. The monoisotopic (exact) mass is 113 g/mol. The fourth-order valence-electron chi connectivity index (χ4n) is 0.529. The molecule has 0 aliphatic rings. The molecule has 1 aromatic rings. The number of rotatable bonds is 0. The predicted molar refractivity (Wildman–Crippen MR) is 28.9 cm³/mol. The van der Waals surface area contributed by atoms with Gasteiger partial charge in [-0.1, -0.05) is 0 Å². The van der Waals surface area contributed by atoms with Gasteiger partial charge in [-0.2, -0.15) is 0 Å². The van der Waals surface area contributed by atoms with Crippen molar-refractivity contribution in [3.05, 3.63) is 11.6 Å². The highest BCUT2D eigenvalue weighted by molar-refractivity contribution is 5.30. The second kappa shape index (κ2) is 1.43. The van der Waals surface area contributed by atoms with Gasteiger partial charge in [0.2, 0.25) is 0 Å². The molecular weight excluding hydrogens is 106 g/mol. The van der Waals surface area contributed by atoms with Crippen molar-refractivity contribution in [3.8, 4) is 11.8 Å². The molecule has 0 aliphatic carbocycles. The van der Waals surface area contributed by atoms with E-state index in [9.17, 15) is 0 Å². The lowest BCUT2D eigenvalue weighted by molar-refractivity contribution is 0.424. The maximum atomic E-state index is 8.72. The standard InChI is InChI=1S/C5H7NO2/c1-3-2-4(7)6-5(3)8/h2,6-8H,1H3. The van der Waals surface area contributed by atoms with Crippen LogP contribution in [0, 0.1) is 6.92 Å². The van der Waals surface area contributed by atoms with Crippen molar-refractivity contribution in [2.45, 2.75) is 6.92 Å². The summed E-state index contributed by atoms with van der Waals surface area (Å²) in [6.07, 6.45) is 0. The molecule has 8 heavy (non-hydrogen) atoms. The first-order valence-corrected chi connectivity index (χ1v) is 2.27. The zero-order valence-electron chi connectivity index (χ0n) is 4.47. The summed E-state index contributed by atoms with van der Waals surface area (Å²) in [5, 5.41) is 17.3. The number of hydrogen-bond acceptors (Lipinski definition) is 2. The highest BCUT2D eigenvalue weighted by Gasteiger charge is 1.97. The van der Waals surface area contributed by atoms with Crippen LogP contribution in [0.1, 0.15) is 5.56 Å². The van der Waals surface area contributed by atoms with Crippen LogP contribution in [0.15, 0.2) is 6.07 Å². The summed E-state index contributed by atoms with van der Waals surface area (Å²) in [5.74, 6) is 0.0301. The Hall–Kier alpha value is -1.12. The van der Waals surface area contributed by atoms with E-state index in [1.807, 2.05) is 0 Å². The largest absolute Gasteiger partial charge is 0.495 e. The van der Waals surface area contributed by atoms with Crippen molar-refractivity contribution in [2.24, 2.45) is 0 Å². The highest BCUT2D eigenvalue weighted by Crippen LogP contribution is 2.18. The van der Waals surface area contributed by atoms with Gasteiger partial charge >= 0.3 is 0 Å². The van der Waals surface area contributed by atoms with Crippen LogP contribution in [0.3, 0.4) is 0 Å². The van der Waals surface area contributed by atoms with Crippen molar-refractivity contribution in [1.29, 1.82) is 0 Å². The first-order chi connectivity index (χ1) is 3.70. The molecule has 0 bridgehead atoms. The molecule has 0 aliphatic heterocycles. The molecule has 0 saturated carbocycles. The highest BCUT2D eigenvalue weighted by atomic mass is 16.3. The molecule has 0 aromatic carbocycles. The van der Waals surface area contributed by atoms with Crippen LogP contribution < -0.4 is 0 Å². The summed E-state index contributed by atoms with van der Waals surface area (Å²) in [6, 6.07) is 1.45. The van der Waals surface area contributed by atoms with Crippen LogP contribution in [-0.2, 0) is 0 Å². The third kappa shape index (κ3) is 0.621. The lowest BCUT2D eigenvalue weighted by atomic mass is 10.4. The first kappa shape index (κ1) is 5.03. The van der Waals surface area contributed by atoms with Gasteiger partial charge in [0, 0.05) is 11.6 Å². The number of aryl methyl sites for hydroxylation is 1. The molecule has 0 unspecified atom stereocenters.